The van der Waals surface area contributed by atoms with Crippen LogP contribution in [-0.4, -0.2) is 36.9 Å². The average Bonchev–Trinajstić information content (AvgIpc) is 2.92. The first-order valence-electron chi connectivity index (χ1n) is 12.6. The predicted octanol–water partition coefficient (Wildman–Crippen LogP) is 4.57. The van der Waals surface area contributed by atoms with Crippen LogP contribution in [0, 0.1) is 10.1 Å². The number of sulfonamides is 1. The maximum atomic E-state index is 13.6. The number of ether oxygens (including phenoxy) is 2. The molecule has 1 atom stereocenters. The van der Waals surface area contributed by atoms with E-state index in [1.807, 2.05) is 18.6 Å². The summed E-state index contributed by atoms with van der Waals surface area (Å²) in [4.78, 5) is 27.7. The smallest absolute Gasteiger partial charge is 0.270 e. The fourth-order valence-electron chi connectivity index (χ4n) is 4.10. The molecule has 1 unspecified atom stereocenters. The Morgan fingerprint density at radius 1 is 1.07 bits per heavy atom. The van der Waals surface area contributed by atoms with Crippen LogP contribution in [0.5, 0.6) is 11.5 Å². The average molecular weight is 580 g/mol. The summed E-state index contributed by atoms with van der Waals surface area (Å²) in [5, 5.41) is 15.7. The molecule has 4 rings (SSSR count). The number of non-ortho nitro benzene ring substituents is 1. The number of nitro groups is 1. The van der Waals surface area contributed by atoms with Crippen molar-refractivity contribution in [3.8, 4) is 11.5 Å². The van der Waals surface area contributed by atoms with E-state index in [9.17, 15) is 23.3 Å². The molecule has 4 aromatic rings. The second-order valence-corrected chi connectivity index (χ2v) is 10.9. The number of anilines is 2. The molecule has 0 saturated heterocycles. The molecule has 0 aliphatic heterocycles. The Balaban J connectivity index is 1.75. The number of pyridine rings is 1. The van der Waals surface area contributed by atoms with E-state index < -0.39 is 37.5 Å². The molecule has 1 aromatic heterocycles. The van der Waals surface area contributed by atoms with Gasteiger partial charge in [0, 0.05) is 29.4 Å². The number of nitrogens with two attached hydrogens (primary N) is 1. The van der Waals surface area contributed by atoms with Crippen LogP contribution >= 0.6 is 0 Å². The number of carbonyl (C=O) groups excluding carboxylic acids is 1. The van der Waals surface area contributed by atoms with E-state index >= 15 is 0 Å². The zero-order valence-electron chi connectivity index (χ0n) is 22.5. The largest absolute Gasteiger partial charge is 0.490 e. The van der Waals surface area contributed by atoms with Gasteiger partial charge >= 0.3 is 0 Å². The van der Waals surface area contributed by atoms with Crippen molar-refractivity contribution in [3.05, 3.63) is 88.6 Å². The third kappa shape index (κ3) is 6.81. The van der Waals surface area contributed by atoms with E-state index in [0.717, 1.165) is 23.6 Å². The van der Waals surface area contributed by atoms with Crippen LogP contribution < -0.4 is 25.2 Å². The van der Waals surface area contributed by atoms with Gasteiger partial charge in [-0.25, -0.2) is 18.1 Å². The summed E-state index contributed by atoms with van der Waals surface area (Å²) in [5.74, 6) is 0.249. The Hall–Kier alpha value is -4.91. The first kappa shape index (κ1) is 29.1. The van der Waals surface area contributed by atoms with Gasteiger partial charge in [0.1, 0.15) is 11.9 Å². The molecule has 1 heterocycles. The van der Waals surface area contributed by atoms with Crippen LogP contribution in [0.4, 0.5) is 17.2 Å². The van der Waals surface area contributed by atoms with Gasteiger partial charge in [-0.1, -0.05) is 12.1 Å². The van der Waals surface area contributed by atoms with Crippen molar-refractivity contribution < 1.29 is 27.6 Å². The van der Waals surface area contributed by atoms with Crippen LogP contribution in [0.25, 0.3) is 10.8 Å². The SMILES string of the molecule is CCOc1cc(C(Nc2ccc3c(N)nccc3c2)C(=O)NS(=O)(=O)c2cccc([N+](=O)[O-])c2)ccc1OC(C)C. The first-order chi connectivity index (χ1) is 19.5. The van der Waals surface area contributed by atoms with Crippen LogP contribution in [-0.2, 0) is 14.8 Å². The normalized spacial score (nSPS) is 12.1. The maximum absolute atomic E-state index is 13.6. The van der Waals surface area contributed by atoms with Crippen molar-refractivity contribution in [2.75, 3.05) is 17.7 Å². The van der Waals surface area contributed by atoms with Crippen molar-refractivity contribution >= 4 is 43.9 Å². The highest BCUT2D eigenvalue weighted by molar-refractivity contribution is 7.90. The van der Waals surface area contributed by atoms with Gasteiger partial charge in [-0.05, 0) is 74.2 Å². The molecule has 0 spiro atoms. The lowest BCUT2D eigenvalue weighted by Crippen LogP contribution is -2.37. The molecule has 0 aliphatic carbocycles. The number of nitrogens with one attached hydrogen (secondary N) is 2. The van der Waals surface area contributed by atoms with Crippen LogP contribution in [0.15, 0.2) is 77.8 Å². The number of fused-ring (bicyclic) bond motifs is 1. The lowest BCUT2D eigenvalue weighted by Gasteiger charge is -2.22. The van der Waals surface area contributed by atoms with Gasteiger partial charge in [-0.15, -0.1) is 0 Å². The van der Waals surface area contributed by atoms with E-state index in [1.54, 1.807) is 55.6 Å². The highest BCUT2D eigenvalue weighted by Gasteiger charge is 2.28. The number of nitro benzene ring substituents is 1. The summed E-state index contributed by atoms with van der Waals surface area (Å²) in [5.41, 5.74) is 6.41. The lowest BCUT2D eigenvalue weighted by atomic mass is 10.0. The Morgan fingerprint density at radius 3 is 2.56 bits per heavy atom. The van der Waals surface area contributed by atoms with Gasteiger partial charge in [0.05, 0.1) is 22.5 Å². The monoisotopic (exact) mass is 579 g/mol. The number of amides is 1. The van der Waals surface area contributed by atoms with Gasteiger partial charge in [-0.2, -0.15) is 0 Å². The van der Waals surface area contributed by atoms with E-state index in [0.29, 0.717) is 40.6 Å². The summed E-state index contributed by atoms with van der Waals surface area (Å²) in [6.45, 7) is 5.85. The second kappa shape index (κ2) is 12.1. The number of benzene rings is 3. The minimum absolute atomic E-state index is 0.142. The highest BCUT2D eigenvalue weighted by atomic mass is 32.2. The summed E-state index contributed by atoms with van der Waals surface area (Å²) in [6, 6.07) is 15.0. The summed E-state index contributed by atoms with van der Waals surface area (Å²) in [7, 11) is -4.47. The number of hydrogen-bond donors (Lipinski definition) is 3. The van der Waals surface area contributed by atoms with Crippen LogP contribution in [0.3, 0.4) is 0 Å². The molecular weight excluding hydrogens is 550 g/mol. The molecule has 3 aromatic carbocycles. The molecule has 41 heavy (non-hydrogen) atoms. The summed E-state index contributed by atoms with van der Waals surface area (Å²) < 4.78 is 39.9. The number of aromatic nitrogens is 1. The Morgan fingerprint density at radius 2 is 1.85 bits per heavy atom. The van der Waals surface area contributed by atoms with E-state index in [-0.39, 0.29) is 6.10 Å². The number of nitrogen functional groups attached to an aromatic ring is 1. The van der Waals surface area contributed by atoms with Gasteiger partial charge in [0.2, 0.25) is 0 Å². The minimum Gasteiger partial charge on any atom is -0.490 e. The molecular formula is C28H29N5O7S. The predicted molar refractivity (Wildman–Crippen MR) is 154 cm³/mol. The van der Waals surface area contributed by atoms with Gasteiger partial charge < -0.3 is 20.5 Å². The van der Waals surface area contributed by atoms with Gasteiger partial charge in [0.25, 0.3) is 21.6 Å². The third-order valence-corrected chi connectivity index (χ3v) is 7.25. The van der Waals surface area contributed by atoms with E-state index in [1.165, 1.54) is 6.07 Å². The molecule has 12 nitrogen and oxygen atoms in total. The number of carbonyl (C=O) groups is 1. The fraction of sp³-hybridized carbons (Fsp3) is 0.214. The molecule has 1 amide bonds. The zero-order chi connectivity index (χ0) is 29.7. The molecule has 13 heteroatoms. The van der Waals surface area contributed by atoms with Crippen LogP contribution in [0.2, 0.25) is 0 Å². The standard InChI is InChI=1S/C28H29N5O7S/c1-4-39-25-15-19(8-11-24(25)40-17(2)3)26(31-20-9-10-23-18(14-20)12-13-30-27(23)29)28(34)32-41(37,38)22-7-5-6-21(16-22)33(35)36/h5-17,26,31H,4H2,1-3H3,(H2,29,30)(H,32,34). The molecule has 0 radical (unpaired) electrons. The molecule has 4 N–H and O–H groups in total. The fourth-order valence-corrected chi connectivity index (χ4v) is 5.13. The van der Waals surface area contributed by atoms with Crippen molar-refractivity contribution in [1.82, 2.24) is 9.71 Å². The molecule has 0 fully saturated rings. The van der Waals surface area contributed by atoms with Crippen molar-refractivity contribution in [1.29, 1.82) is 0 Å². The Bertz CT molecular complexity index is 1710. The topological polar surface area (TPSA) is 176 Å². The van der Waals surface area contributed by atoms with E-state index in [4.69, 9.17) is 15.2 Å². The Kier molecular flexibility index (Phi) is 8.57. The highest BCUT2D eigenvalue weighted by Crippen LogP contribution is 2.34. The third-order valence-electron chi connectivity index (χ3n) is 5.91. The number of rotatable bonds is 11. The Labute approximate surface area is 236 Å². The molecule has 214 valence electrons. The minimum atomic E-state index is -4.47. The molecule has 0 saturated carbocycles. The molecule has 0 aliphatic rings. The quantitative estimate of drug-likeness (QED) is 0.168. The van der Waals surface area contributed by atoms with Gasteiger partial charge in [-0.3, -0.25) is 14.9 Å². The summed E-state index contributed by atoms with van der Waals surface area (Å²) >= 11 is 0. The second-order valence-electron chi connectivity index (χ2n) is 9.24. The van der Waals surface area contributed by atoms with Crippen molar-refractivity contribution in [2.45, 2.75) is 37.8 Å². The van der Waals surface area contributed by atoms with Crippen molar-refractivity contribution in [2.24, 2.45) is 0 Å². The van der Waals surface area contributed by atoms with Crippen molar-refractivity contribution in [3.63, 3.8) is 0 Å². The number of nitrogens with zero attached hydrogens (tertiary/aromatic N) is 2. The van der Waals surface area contributed by atoms with Crippen LogP contribution in [0.1, 0.15) is 32.4 Å². The summed E-state index contributed by atoms with van der Waals surface area (Å²) in [6.07, 6.45) is 1.41. The zero-order valence-corrected chi connectivity index (χ0v) is 23.3. The lowest BCUT2D eigenvalue weighted by molar-refractivity contribution is -0.385. The van der Waals surface area contributed by atoms with Gasteiger partial charge in [0.15, 0.2) is 11.5 Å². The first-order valence-corrected chi connectivity index (χ1v) is 14.1. The maximum Gasteiger partial charge on any atom is 0.270 e. The molecule has 0 bridgehead atoms. The number of hydrogen-bond acceptors (Lipinski definition) is 10. The van der Waals surface area contributed by atoms with E-state index in [2.05, 4.69) is 10.3 Å².